The molecule has 0 radical (unpaired) electrons. The highest BCUT2D eigenvalue weighted by Crippen LogP contribution is 2.27. The van der Waals surface area contributed by atoms with Crippen LogP contribution in [-0.4, -0.2) is 49.6 Å². The molecule has 0 atom stereocenters. The standard InChI is InChI=1S/C23H26ClN5O/c1-28(2)21-18-8-4-6-10-20(18)26-23(27-21)29-13-11-16(12-14-29)15-25-22(30)17-7-3-5-9-19(17)24/h3-10,16H,11-15H2,1-2H3,(H,25,30). The van der Waals surface area contributed by atoms with Crippen LogP contribution in [0.5, 0.6) is 0 Å². The van der Waals surface area contributed by atoms with Crippen molar-refractivity contribution in [2.75, 3.05) is 43.5 Å². The predicted octanol–water partition coefficient (Wildman–Crippen LogP) is 4.00. The van der Waals surface area contributed by atoms with Crippen LogP contribution in [0.15, 0.2) is 48.5 Å². The van der Waals surface area contributed by atoms with Crippen molar-refractivity contribution < 1.29 is 4.79 Å². The first-order chi connectivity index (χ1) is 14.5. The molecule has 6 nitrogen and oxygen atoms in total. The molecule has 1 aliphatic heterocycles. The van der Waals surface area contributed by atoms with Crippen molar-refractivity contribution >= 4 is 40.2 Å². The van der Waals surface area contributed by atoms with Crippen LogP contribution in [0.4, 0.5) is 11.8 Å². The first-order valence-corrected chi connectivity index (χ1v) is 10.6. The molecule has 1 aromatic heterocycles. The highest BCUT2D eigenvalue weighted by Gasteiger charge is 2.23. The number of carbonyl (C=O) groups is 1. The van der Waals surface area contributed by atoms with Crippen molar-refractivity contribution in [2.24, 2.45) is 5.92 Å². The van der Waals surface area contributed by atoms with Crippen molar-refractivity contribution in [3.63, 3.8) is 0 Å². The van der Waals surface area contributed by atoms with E-state index in [4.69, 9.17) is 21.6 Å². The summed E-state index contributed by atoms with van der Waals surface area (Å²) in [6.45, 7) is 2.40. The molecule has 0 unspecified atom stereocenters. The largest absolute Gasteiger partial charge is 0.362 e. The summed E-state index contributed by atoms with van der Waals surface area (Å²) in [6, 6.07) is 15.2. The van der Waals surface area contributed by atoms with E-state index in [0.717, 1.165) is 48.6 Å². The Balaban J connectivity index is 1.39. The average Bonchev–Trinajstić information content (AvgIpc) is 2.77. The van der Waals surface area contributed by atoms with E-state index in [1.165, 1.54) is 0 Å². The predicted molar refractivity (Wildman–Crippen MR) is 123 cm³/mol. The molecule has 0 bridgehead atoms. The van der Waals surface area contributed by atoms with Crippen LogP contribution in [0.2, 0.25) is 5.02 Å². The maximum atomic E-state index is 12.4. The molecule has 0 spiro atoms. The van der Waals surface area contributed by atoms with Crippen LogP contribution in [0.25, 0.3) is 10.9 Å². The monoisotopic (exact) mass is 423 g/mol. The molecule has 1 N–H and O–H groups in total. The SMILES string of the molecule is CN(C)c1nc(N2CCC(CNC(=O)c3ccccc3Cl)CC2)nc2ccccc12. The molecule has 2 aromatic carbocycles. The first-order valence-electron chi connectivity index (χ1n) is 10.2. The molecule has 4 rings (SSSR count). The fraction of sp³-hybridized carbons (Fsp3) is 0.348. The summed E-state index contributed by atoms with van der Waals surface area (Å²) in [7, 11) is 4.01. The molecule has 1 aliphatic rings. The van der Waals surface area contributed by atoms with Crippen LogP contribution in [-0.2, 0) is 0 Å². The number of anilines is 2. The van der Waals surface area contributed by atoms with Gasteiger partial charge < -0.3 is 15.1 Å². The van der Waals surface area contributed by atoms with E-state index < -0.39 is 0 Å². The van der Waals surface area contributed by atoms with Gasteiger partial charge in [0.15, 0.2) is 0 Å². The second-order valence-corrected chi connectivity index (χ2v) is 8.29. The Morgan fingerprint density at radius 1 is 1.10 bits per heavy atom. The van der Waals surface area contributed by atoms with Gasteiger partial charge in [0.05, 0.1) is 16.1 Å². The highest BCUT2D eigenvalue weighted by molar-refractivity contribution is 6.33. The summed E-state index contributed by atoms with van der Waals surface area (Å²) in [5.74, 6) is 2.03. The summed E-state index contributed by atoms with van der Waals surface area (Å²) in [6.07, 6.45) is 1.96. The van der Waals surface area contributed by atoms with Gasteiger partial charge >= 0.3 is 0 Å². The van der Waals surface area contributed by atoms with Crippen molar-refractivity contribution in [2.45, 2.75) is 12.8 Å². The number of para-hydroxylation sites is 1. The fourth-order valence-corrected chi connectivity index (χ4v) is 4.07. The third-order valence-corrected chi connectivity index (χ3v) is 5.89. The number of hydrogen-bond acceptors (Lipinski definition) is 5. The molecule has 7 heteroatoms. The Bertz CT molecular complexity index is 1050. The Kier molecular flexibility index (Phi) is 6.04. The first kappa shape index (κ1) is 20.4. The van der Waals surface area contributed by atoms with Crippen LogP contribution >= 0.6 is 11.6 Å². The Morgan fingerprint density at radius 3 is 2.53 bits per heavy atom. The molecule has 0 aliphatic carbocycles. The molecule has 156 valence electrons. The maximum Gasteiger partial charge on any atom is 0.252 e. The molecule has 2 heterocycles. The van der Waals surface area contributed by atoms with Crippen LogP contribution < -0.4 is 15.1 Å². The summed E-state index contributed by atoms with van der Waals surface area (Å²) in [5.41, 5.74) is 1.48. The number of carbonyl (C=O) groups excluding carboxylic acids is 1. The minimum atomic E-state index is -0.114. The number of nitrogens with zero attached hydrogens (tertiary/aromatic N) is 4. The zero-order valence-corrected chi connectivity index (χ0v) is 18.1. The van der Waals surface area contributed by atoms with Gasteiger partial charge in [0.1, 0.15) is 5.82 Å². The average molecular weight is 424 g/mol. The van der Waals surface area contributed by atoms with Crippen molar-refractivity contribution in [3.05, 3.63) is 59.1 Å². The molecule has 0 saturated carbocycles. The number of nitrogens with one attached hydrogen (secondary N) is 1. The van der Waals surface area contributed by atoms with Gasteiger partial charge in [-0.25, -0.2) is 4.98 Å². The van der Waals surface area contributed by atoms with Gasteiger partial charge in [-0.05, 0) is 43.0 Å². The lowest BCUT2D eigenvalue weighted by Gasteiger charge is -2.32. The summed E-state index contributed by atoms with van der Waals surface area (Å²) in [4.78, 5) is 26.3. The van der Waals surface area contributed by atoms with E-state index in [1.807, 2.05) is 49.3 Å². The summed E-state index contributed by atoms with van der Waals surface area (Å²) < 4.78 is 0. The number of benzene rings is 2. The van der Waals surface area contributed by atoms with Crippen molar-refractivity contribution in [1.29, 1.82) is 0 Å². The highest BCUT2D eigenvalue weighted by atomic mass is 35.5. The fourth-order valence-electron chi connectivity index (χ4n) is 3.84. The van der Waals surface area contributed by atoms with E-state index in [-0.39, 0.29) is 5.91 Å². The van der Waals surface area contributed by atoms with E-state index in [9.17, 15) is 4.79 Å². The van der Waals surface area contributed by atoms with Crippen LogP contribution in [0.3, 0.4) is 0 Å². The second-order valence-electron chi connectivity index (χ2n) is 7.88. The topological polar surface area (TPSA) is 61.4 Å². The Morgan fingerprint density at radius 2 is 1.80 bits per heavy atom. The Labute approximate surface area is 181 Å². The van der Waals surface area contributed by atoms with Gasteiger partial charge in [0.2, 0.25) is 5.95 Å². The van der Waals surface area contributed by atoms with Gasteiger partial charge in [-0.2, -0.15) is 4.98 Å². The zero-order chi connectivity index (χ0) is 21.1. The third kappa shape index (κ3) is 4.33. The van der Waals surface area contributed by atoms with E-state index in [2.05, 4.69) is 16.3 Å². The molecule has 1 amide bonds. The summed E-state index contributed by atoms with van der Waals surface area (Å²) in [5, 5.41) is 4.57. The van der Waals surface area contributed by atoms with Crippen molar-refractivity contribution in [1.82, 2.24) is 15.3 Å². The number of amides is 1. The van der Waals surface area contributed by atoms with Gasteiger partial charge in [0, 0.05) is 39.1 Å². The van der Waals surface area contributed by atoms with Crippen molar-refractivity contribution in [3.8, 4) is 0 Å². The lowest BCUT2D eigenvalue weighted by Crippen LogP contribution is -2.39. The number of hydrogen-bond donors (Lipinski definition) is 1. The third-order valence-electron chi connectivity index (χ3n) is 5.56. The minimum absolute atomic E-state index is 0.114. The van der Waals surface area contributed by atoms with Crippen LogP contribution in [0.1, 0.15) is 23.2 Å². The number of rotatable bonds is 5. The second kappa shape index (κ2) is 8.88. The molecular weight excluding hydrogens is 398 g/mol. The minimum Gasteiger partial charge on any atom is -0.362 e. The molecule has 3 aromatic rings. The smallest absolute Gasteiger partial charge is 0.252 e. The van der Waals surface area contributed by atoms with Gasteiger partial charge in [-0.15, -0.1) is 0 Å². The summed E-state index contributed by atoms with van der Waals surface area (Å²) >= 11 is 6.12. The number of halogens is 1. The lowest BCUT2D eigenvalue weighted by molar-refractivity contribution is 0.0945. The van der Waals surface area contributed by atoms with E-state index in [1.54, 1.807) is 12.1 Å². The van der Waals surface area contributed by atoms with Gasteiger partial charge in [-0.1, -0.05) is 35.9 Å². The van der Waals surface area contributed by atoms with E-state index in [0.29, 0.717) is 23.0 Å². The number of fused-ring (bicyclic) bond motifs is 1. The Hall–Kier alpha value is -2.86. The quantitative estimate of drug-likeness (QED) is 0.672. The zero-order valence-electron chi connectivity index (χ0n) is 17.3. The molecule has 1 saturated heterocycles. The van der Waals surface area contributed by atoms with E-state index >= 15 is 0 Å². The number of aromatic nitrogens is 2. The van der Waals surface area contributed by atoms with Gasteiger partial charge in [0.25, 0.3) is 5.91 Å². The number of piperidine rings is 1. The molecule has 30 heavy (non-hydrogen) atoms. The lowest BCUT2D eigenvalue weighted by atomic mass is 9.97. The van der Waals surface area contributed by atoms with Crippen LogP contribution in [0, 0.1) is 5.92 Å². The normalized spacial score (nSPS) is 14.7. The molecule has 1 fully saturated rings. The van der Waals surface area contributed by atoms with Gasteiger partial charge in [-0.3, -0.25) is 4.79 Å². The molecular formula is C23H26ClN5O. The maximum absolute atomic E-state index is 12.4.